The summed E-state index contributed by atoms with van der Waals surface area (Å²) >= 11 is 5.08. The minimum absolute atomic E-state index is 1.16. The van der Waals surface area contributed by atoms with Crippen molar-refractivity contribution in [3.63, 3.8) is 0 Å². The molecule has 0 saturated carbocycles. The smallest absolute Gasteiger partial charge is 0.0651 e. The fourth-order valence-corrected chi connectivity index (χ4v) is 2.66. The van der Waals surface area contributed by atoms with E-state index in [0.29, 0.717) is 0 Å². The lowest BCUT2D eigenvalue weighted by Gasteiger charge is -2.05. The second-order valence-electron chi connectivity index (χ2n) is 3.48. The summed E-state index contributed by atoms with van der Waals surface area (Å²) in [5.74, 6) is 0. The summed E-state index contributed by atoms with van der Waals surface area (Å²) in [4.78, 5) is 1.28. The molecular formula is C12H17S2+. The molecule has 0 spiro atoms. The van der Waals surface area contributed by atoms with Crippen LogP contribution < -0.4 is 0 Å². The van der Waals surface area contributed by atoms with E-state index in [9.17, 15) is 0 Å². The van der Waals surface area contributed by atoms with Gasteiger partial charge in [0.2, 0.25) is 0 Å². The Bertz CT molecular complexity index is 305. The second-order valence-corrected chi connectivity index (χ2v) is 4.58. The molecule has 0 aliphatic rings. The van der Waals surface area contributed by atoms with E-state index >= 15 is 0 Å². The van der Waals surface area contributed by atoms with E-state index in [0.717, 1.165) is 6.42 Å². The summed E-state index contributed by atoms with van der Waals surface area (Å²) in [7, 11) is 1.46. The Morgan fingerprint density at radius 1 is 1.14 bits per heavy atom. The standard InChI is InChI=1S/C12H17S2/c1-3-6-10-8-5-9-12(14-13)11(10)7-4-2/h5,8-9H,3-4,6-7H2,1-2H3/q+1. The van der Waals surface area contributed by atoms with Gasteiger partial charge in [0, 0.05) is 11.6 Å². The molecule has 0 unspecified atom stereocenters. The van der Waals surface area contributed by atoms with Crippen LogP contribution in [0.3, 0.4) is 0 Å². The van der Waals surface area contributed by atoms with Crippen LogP contribution in [0.2, 0.25) is 0 Å². The minimum atomic E-state index is 1.16. The SMILES string of the molecule is CCCc1cccc([S+]=S)c1CCC. The Kier molecular flexibility index (Phi) is 5.20. The van der Waals surface area contributed by atoms with E-state index in [4.69, 9.17) is 11.2 Å². The highest BCUT2D eigenvalue weighted by Gasteiger charge is 2.13. The number of hydrogen-bond donors (Lipinski definition) is 0. The van der Waals surface area contributed by atoms with Gasteiger partial charge in [0.25, 0.3) is 16.1 Å². The zero-order valence-electron chi connectivity index (χ0n) is 8.88. The van der Waals surface area contributed by atoms with E-state index in [-0.39, 0.29) is 0 Å². The molecule has 0 radical (unpaired) electrons. The van der Waals surface area contributed by atoms with Gasteiger partial charge in [-0.3, -0.25) is 0 Å². The van der Waals surface area contributed by atoms with Crippen LogP contribution in [-0.2, 0) is 34.4 Å². The van der Waals surface area contributed by atoms with Crippen molar-refractivity contribution in [2.24, 2.45) is 0 Å². The third-order valence-electron chi connectivity index (χ3n) is 2.34. The lowest BCUT2D eigenvalue weighted by molar-refractivity contribution is 0.844. The number of rotatable bonds is 5. The highest BCUT2D eigenvalue weighted by molar-refractivity contribution is 8.18. The fraction of sp³-hybridized carbons (Fsp3) is 0.500. The molecule has 14 heavy (non-hydrogen) atoms. The van der Waals surface area contributed by atoms with E-state index in [1.807, 2.05) is 0 Å². The third-order valence-corrected chi connectivity index (χ3v) is 3.44. The molecule has 0 saturated heterocycles. The summed E-state index contributed by atoms with van der Waals surface area (Å²) in [5.41, 5.74) is 2.97. The van der Waals surface area contributed by atoms with Crippen molar-refractivity contribution in [1.82, 2.24) is 0 Å². The molecule has 0 aliphatic heterocycles. The largest absolute Gasteiger partial charge is 0.316 e. The lowest BCUT2D eigenvalue weighted by Crippen LogP contribution is -1.97. The molecule has 1 aromatic carbocycles. The Balaban J connectivity index is 3.06. The molecule has 0 fully saturated rings. The van der Waals surface area contributed by atoms with Gasteiger partial charge < -0.3 is 0 Å². The summed E-state index contributed by atoms with van der Waals surface area (Å²) in [6.07, 6.45) is 4.75. The Hall–Kier alpha value is -0.340. The number of aryl methyl sites for hydroxylation is 1. The molecule has 0 bridgehead atoms. The normalized spacial score (nSPS) is 10.1. The topological polar surface area (TPSA) is 0 Å². The third kappa shape index (κ3) is 2.82. The van der Waals surface area contributed by atoms with Crippen molar-refractivity contribution in [3.8, 4) is 0 Å². The molecule has 1 aromatic rings. The highest BCUT2D eigenvalue weighted by atomic mass is 32.8. The molecule has 1 rings (SSSR count). The van der Waals surface area contributed by atoms with Crippen LogP contribution in [-0.4, -0.2) is 0 Å². The second kappa shape index (κ2) is 6.20. The average Bonchev–Trinajstić information content (AvgIpc) is 2.21. The van der Waals surface area contributed by atoms with Crippen molar-refractivity contribution in [2.45, 2.75) is 44.4 Å². The zero-order chi connectivity index (χ0) is 10.4. The quantitative estimate of drug-likeness (QED) is 0.691. The van der Waals surface area contributed by atoms with Crippen molar-refractivity contribution in [3.05, 3.63) is 29.3 Å². The van der Waals surface area contributed by atoms with E-state index < -0.39 is 0 Å². The molecule has 2 heteroatoms. The van der Waals surface area contributed by atoms with Gasteiger partial charge in [-0.05, 0) is 18.4 Å². The molecule has 0 N–H and O–H groups in total. The van der Waals surface area contributed by atoms with E-state index in [2.05, 4.69) is 32.0 Å². The van der Waals surface area contributed by atoms with Gasteiger partial charge in [0.1, 0.15) is 0 Å². The first-order valence-corrected chi connectivity index (χ1v) is 6.98. The van der Waals surface area contributed by atoms with E-state index in [1.165, 1.54) is 45.6 Å². The van der Waals surface area contributed by atoms with Crippen LogP contribution in [0.4, 0.5) is 0 Å². The predicted molar refractivity (Wildman–Crippen MR) is 67.4 cm³/mol. The van der Waals surface area contributed by atoms with Crippen LogP contribution in [0.5, 0.6) is 0 Å². The summed E-state index contributed by atoms with van der Waals surface area (Å²) in [5, 5.41) is 0. The monoisotopic (exact) mass is 225 g/mol. The first-order chi connectivity index (χ1) is 6.83. The summed E-state index contributed by atoms with van der Waals surface area (Å²) in [6.45, 7) is 4.45. The van der Waals surface area contributed by atoms with Gasteiger partial charge in [-0.25, -0.2) is 0 Å². The molecule has 0 aliphatic carbocycles. The Morgan fingerprint density at radius 2 is 1.86 bits per heavy atom. The summed E-state index contributed by atoms with van der Waals surface area (Å²) < 4.78 is 0. The average molecular weight is 225 g/mol. The minimum Gasteiger partial charge on any atom is -0.0651 e. The molecule has 0 aromatic heterocycles. The Morgan fingerprint density at radius 3 is 2.43 bits per heavy atom. The lowest BCUT2D eigenvalue weighted by atomic mass is 10.00. The summed E-state index contributed by atoms with van der Waals surface area (Å²) in [6, 6.07) is 6.50. The molecule has 0 nitrogen and oxygen atoms in total. The van der Waals surface area contributed by atoms with Crippen LogP contribution in [0.1, 0.15) is 37.8 Å². The zero-order valence-corrected chi connectivity index (χ0v) is 10.5. The van der Waals surface area contributed by atoms with Crippen molar-refractivity contribution < 1.29 is 0 Å². The Labute approximate surface area is 95.4 Å². The first-order valence-electron chi connectivity index (χ1n) is 5.24. The maximum absolute atomic E-state index is 5.08. The highest BCUT2D eigenvalue weighted by Crippen LogP contribution is 2.18. The molecular weight excluding hydrogens is 208 g/mol. The van der Waals surface area contributed by atoms with Gasteiger partial charge in [-0.1, -0.05) is 38.8 Å². The maximum atomic E-state index is 5.08. The molecule has 76 valence electrons. The van der Waals surface area contributed by atoms with Crippen molar-refractivity contribution >= 4 is 21.5 Å². The molecule has 0 atom stereocenters. The molecule has 0 heterocycles. The number of benzene rings is 1. The van der Waals surface area contributed by atoms with Crippen LogP contribution in [0.15, 0.2) is 23.1 Å². The van der Waals surface area contributed by atoms with Gasteiger partial charge >= 0.3 is 10.3 Å². The van der Waals surface area contributed by atoms with Crippen molar-refractivity contribution in [2.75, 3.05) is 0 Å². The van der Waals surface area contributed by atoms with Gasteiger partial charge in [0.15, 0.2) is 0 Å². The van der Waals surface area contributed by atoms with Crippen LogP contribution in [0.25, 0.3) is 0 Å². The van der Waals surface area contributed by atoms with Gasteiger partial charge in [-0.15, -0.1) is 0 Å². The van der Waals surface area contributed by atoms with Crippen molar-refractivity contribution in [1.29, 1.82) is 0 Å². The van der Waals surface area contributed by atoms with E-state index in [1.54, 1.807) is 0 Å². The number of hydrogen-bond acceptors (Lipinski definition) is 1. The maximum Gasteiger partial charge on any atom is 0.316 e. The predicted octanol–water partition coefficient (Wildman–Crippen LogP) is 3.50. The van der Waals surface area contributed by atoms with Crippen LogP contribution in [0, 0.1) is 0 Å². The first kappa shape index (κ1) is 11.7. The van der Waals surface area contributed by atoms with Gasteiger partial charge in [0.05, 0.1) is 0 Å². The van der Waals surface area contributed by atoms with Gasteiger partial charge in [-0.2, -0.15) is 0 Å². The van der Waals surface area contributed by atoms with Crippen LogP contribution >= 0.6 is 0 Å². The fourth-order valence-electron chi connectivity index (χ4n) is 1.73. The molecule has 0 amide bonds.